The normalized spacial score (nSPS) is 12.0. The molecule has 1 rings (SSSR count). The summed E-state index contributed by atoms with van der Waals surface area (Å²) in [7, 11) is 1.41. The molecule has 0 aromatic heterocycles. The van der Waals surface area contributed by atoms with Gasteiger partial charge in [0.15, 0.2) is 0 Å². The van der Waals surface area contributed by atoms with Crippen molar-refractivity contribution in [3.05, 3.63) is 29.6 Å². The number of unbranched alkanes of at least 4 members (excludes halogenated alkanes) is 5. The van der Waals surface area contributed by atoms with E-state index in [1.54, 1.807) is 19.1 Å². The molecule has 2 N–H and O–H groups in total. The third-order valence-electron chi connectivity index (χ3n) is 5.05. The average Bonchev–Trinajstić information content (AvgIpc) is 2.81. The van der Waals surface area contributed by atoms with Gasteiger partial charge < -0.3 is 29.4 Å². The molecule has 1 atom stereocenters. The van der Waals surface area contributed by atoms with Crippen molar-refractivity contribution in [3.8, 4) is 5.75 Å². The minimum Gasteiger partial charge on any atom is -0.494 e. The van der Waals surface area contributed by atoms with Gasteiger partial charge in [-0.05, 0) is 57.2 Å². The minimum atomic E-state index is -0.353. The van der Waals surface area contributed by atoms with E-state index in [0.717, 1.165) is 51.6 Å². The van der Waals surface area contributed by atoms with E-state index < -0.39 is 0 Å². The highest BCUT2D eigenvalue weighted by Crippen LogP contribution is 2.21. The first-order chi connectivity index (χ1) is 16.0. The Hall–Kier alpha value is -1.74. The predicted octanol–water partition coefficient (Wildman–Crippen LogP) is 4.57. The molecule has 0 radical (unpaired) electrons. The molecule has 1 aromatic rings. The van der Waals surface area contributed by atoms with Gasteiger partial charge >= 0.3 is 5.97 Å². The van der Waals surface area contributed by atoms with Crippen molar-refractivity contribution in [1.29, 1.82) is 0 Å². The highest BCUT2D eigenvalue weighted by atomic mass is 19.1. The quantitative estimate of drug-likeness (QED) is 0.208. The zero-order valence-corrected chi connectivity index (χ0v) is 20.3. The summed E-state index contributed by atoms with van der Waals surface area (Å²) >= 11 is 0. The third-order valence-corrected chi connectivity index (χ3v) is 5.05. The number of hydrogen-bond acceptors (Lipinski definition) is 7. The fourth-order valence-electron chi connectivity index (χ4n) is 3.10. The Labute approximate surface area is 198 Å². The maximum Gasteiger partial charge on any atom is 0.305 e. The molecule has 33 heavy (non-hydrogen) atoms. The number of carbonyl (C=O) groups is 1. The molecule has 0 aliphatic heterocycles. The molecule has 0 saturated heterocycles. The lowest BCUT2D eigenvalue weighted by atomic mass is 10.1. The van der Waals surface area contributed by atoms with Gasteiger partial charge in [-0.2, -0.15) is 0 Å². The van der Waals surface area contributed by atoms with Gasteiger partial charge in [0.2, 0.25) is 0 Å². The van der Waals surface area contributed by atoms with E-state index >= 15 is 0 Å². The highest BCUT2D eigenvalue weighted by Gasteiger charge is 2.08. The topological polar surface area (TPSA) is 89.2 Å². The molecular formula is C25H42FNO6. The monoisotopic (exact) mass is 471 g/mol. The molecule has 0 fully saturated rings. The number of esters is 1. The molecule has 0 aliphatic rings. The minimum absolute atomic E-state index is 0.156. The lowest BCUT2D eigenvalue weighted by Gasteiger charge is -2.11. The number of methoxy groups -OCH3 is 1. The van der Waals surface area contributed by atoms with Gasteiger partial charge in [0, 0.05) is 31.2 Å². The van der Waals surface area contributed by atoms with Crippen LogP contribution in [0.25, 0.3) is 0 Å². The van der Waals surface area contributed by atoms with E-state index in [-0.39, 0.29) is 17.8 Å². The van der Waals surface area contributed by atoms with E-state index in [9.17, 15) is 9.18 Å². The standard InChI is InChI=1S/C25H42FNO6/c1-21(27)23-20-22(11-12-24(23)26)33-15-9-4-3-7-13-30-16-18-32-19-17-31-14-8-5-6-10-25(28)29-2/h11-12,20-21H,3-10,13-19,27H2,1-2H3/t21-/m1/s1. The molecule has 0 aliphatic carbocycles. The third kappa shape index (κ3) is 15.7. The van der Waals surface area contributed by atoms with Crippen LogP contribution in [0.15, 0.2) is 18.2 Å². The Morgan fingerprint density at radius 2 is 1.39 bits per heavy atom. The van der Waals surface area contributed by atoms with Crippen LogP contribution in [0.1, 0.15) is 69.9 Å². The Morgan fingerprint density at radius 3 is 1.97 bits per heavy atom. The van der Waals surface area contributed by atoms with E-state index in [4.69, 9.17) is 24.7 Å². The van der Waals surface area contributed by atoms with Crippen LogP contribution in [0, 0.1) is 5.82 Å². The van der Waals surface area contributed by atoms with Crippen LogP contribution in [0.5, 0.6) is 5.75 Å². The number of carbonyl (C=O) groups excluding carboxylic acids is 1. The van der Waals surface area contributed by atoms with Crippen molar-refractivity contribution in [3.63, 3.8) is 0 Å². The lowest BCUT2D eigenvalue weighted by Crippen LogP contribution is -2.10. The molecule has 190 valence electrons. The summed E-state index contributed by atoms with van der Waals surface area (Å²) < 4.78 is 40.5. The van der Waals surface area contributed by atoms with Gasteiger partial charge in [0.05, 0.1) is 40.1 Å². The van der Waals surface area contributed by atoms with Crippen molar-refractivity contribution >= 4 is 5.97 Å². The van der Waals surface area contributed by atoms with Crippen molar-refractivity contribution in [2.45, 2.75) is 64.3 Å². The molecule has 0 heterocycles. The van der Waals surface area contributed by atoms with E-state index in [0.29, 0.717) is 57.4 Å². The van der Waals surface area contributed by atoms with Crippen molar-refractivity contribution in [2.75, 3.05) is 53.4 Å². The highest BCUT2D eigenvalue weighted by molar-refractivity contribution is 5.68. The summed E-state index contributed by atoms with van der Waals surface area (Å²) in [6, 6.07) is 4.37. The Morgan fingerprint density at radius 1 is 0.848 bits per heavy atom. The van der Waals surface area contributed by atoms with Gasteiger partial charge in [-0.15, -0.1) is 0 Å². The number of benzene rings is 1. The smallest absolute Gasteiger partial charge is 0.305 e. The second-order valence-electron chi connectivity index (χ2n) is 7.96. The zero-order valence-electron chi connectivity index (χ0n) is 20.3. The van der Waals surface area contributed by atoms with Crippen LogP contribution in [-0.4, -0.2) is 59.3 Å². The molecule has 8 heteroatoms. The molecule has 0 spiro atoms. The second-order valence-corrected chi connectivity index (χ2v) is 7.96. The fourth-order valence-corrected chi connectivity index (χ4v) is 3.10. The van der Waals surface area contributed by atoms with Gasteiger partial charge in [-0.25, -0.2) is 4.39 Å². The number of rotatable bonds is 21. The molecular weight excluding hydrogens is 429 g/mol. The first-order valence-electron chi connectivity index (χ1n) is 12.0. The number of ether oxygens (including phenoxy) is 5. The van der Waals surface area contributed by atoms with Crippen molar-refractivity contribution in [1.82, 2.24) is 0 Å². The summed E-state index contributed by atoms with van der Waals surface area (Å²) in [5.74, 6) is 0.209. The van der Waals surface area contributed by atoms with E-state index in [1.165, 1.54) is 13.2 Å². The Bertz CT molecular complexity index is 629. The van der Waals surface area contributed by atoms with Gasteiger partial charge in [0.1, 0.15) is 11.6 Å². The Balaban J connectivity index is 1.80. The van der Waals surface area contributed by atoms with E-state index in [1.807, 2.05) is 0 Å². The lowest BCUT2D eigenvalue weighted by molar-refractivity contribution is -0.140. The summed E-state index contributed by atoms with van der Waals surface area (Å²) in [6.45, 7) is 6.06. The molecule has 7 nitrogen and oxygen atoms in total. The van der Waals surface area contributed by atoms with Crippen LogP contribution < -0.4 is 10.5 Å². The Kier molecular flexibility index (Phi) is 17.5. The first kappa shape index (κ1) is 29.3. The van der Waals surface area contributed by atoms with Crippen molar-refractivity contribution in [2.24, 2.45) is 5.73 Å². The molecule has 0 bridgehead atoms. The van der Waals surface area contributed by atoms with Crippen molar-refractivity contribution < 1.29 is 32.9 Å². The number of nitrogens with two attached hydrogens (primary N) is 1. The first-order valence-corrected chi connectivity index (χ1v) is 12.0. The van der Waals surface area contributed by atoms with E-state index in [2.05, 4.69) is 4.74 Å². The largest absolute Gasteiger partial charge is 0.494 e. The van der Waals surface area contributed by atoms with Crippen LogP contribution in [0.2, 0.25) is 0 Å². The maximum absolute atomic E-state index is 13.6. The maximum atomic E-state index is 13.6. The van der Waals surface area contributed by atoms with Crippen LogP contribution in [0.4, 0.5) is 4.39 Å². The number of halogens is 1. The SMILES string of the molecule is COC(=O)CCCCCOCCOCCOCCCCCCOc1ccc(F)c([C@@H](C)N)c1. The summed E-state index contributed by atoms with van der Waals surface area (Å²) in [5, 5.41) is 0. The zero-order chi connectivity index (χ0) is 24.2. The van der Waals surface area contributed by atoms with Gasteiger partial charge in [0.25, 0.3) is 0 Å². The fraction of sp³-hybridized carbons (Fsp3) is 0.720. The average molecular weight is 472 g/mol. The molecule has 0 saturated carbocycles. The van der Waals surface area contributed by atoms with Crippen LogP contribution >= 0.6 is 0 Å². The summed E-state index contributed by atoms with van der Waals surface area (Å²) in [6.07, 6.45) is 7.29. The predicted molar refractivity (Wildman–Crippen MR) is 126 cm³/mol. The number of hydrogen-bond donors (Lipinski definition) is 1. The molecule has 0 amide bonds. The van der Waals surface area contributed by atoms with Crippen LogP contribution in [-0.2, 0) is 23.7 Å². The van der Waals surface area contributed by atoms with Gasteiger partial charge in [-0.1, -0.05) is 12.8 Å². The second kappa shape index (κ2) is 19.7. The molecule has 0 unspecified atom stereocenters. The summed E-state index contributed by atoms with van der Waals surface area (Å²) in [5.41, 5.74) is 6.24. The summed E-state index contributed by atoms with van der Waals surface area (Å²) in [4.78, 5) is 11.0. The van der Waals surface area contributed by atoms with Crippen LogP contribution in [0.3, 0.4) is 0 Å². The molecule has 1 aromatic carbocycles. The van der Waals surface area contributed by atoms with Gasteiger partial charge in [-0.3, -0.25) is 4.79 Å².